The molecule has 0 aromatic heterocycles. The van der Waals surface area contributed by atoms with Crippen LogP contribution in [0.1, 0.15) is 20.8 Å². The molecule has 0 saturated heterocycles. The highest BCUT2D eigenvalue weighted by Crippen LogP contribution is 2.18. The van der Waals surface area contributed by atoms with Crippen LogP contribution in [-0.2, 0) is 14.8 Å². The SMILES string of the molecule is CC(C)(C)OC(=O)N(CCN)S(=O)(=O)c1ccccc1. The van der Waals surface area contributed by atoms with Crippen molar-refractivity contribution in [3.63, 3.8) is 0 Å². The van der Waals surface area contributed by atoms with Crippen LogP contribution in [0, 0.1) is 0 Å². The fraction of sp³-hybridized carbons (Fsp3) is 0.462. The van der Waals surface area contributed by atoms with E-state index in [4.69, 9.17) is 10.5 Å². The zero-order valence-corrected chi connectivity index (χ0v) is 12.7. The van der Waals surface area contributed by atoms with Crippen molar-refractivity contribution in [1.82, 2.24) is 4.31 Å². The molecule has 1 aromatic rings. The Labute approximate surface area is 119 Å². The molecule has 0 aliphatic heterocycles. The maximum Gasteiger partial charge on any atom is 0.424 e. The first-order valence-electron chi connectivity index (χ1n) is 6.19. The van der Waals surface area contributed by atoms with Crippen LogP contribution < -0.4 is 5.73 Å². The molecule has 0 fully saturated rings. The van der Waals surface area contributed by atoms with Crippen molar-refractivity contribution in [2.75, 3.05) is 13.1 Å². The van der Waals surface area contributed by atoms with E-state index in [1.54, 1.807) is 39.0 Å². The Bertz CT molecular complexity index is 549. The van der Waals surface area contributed by atoms with Gasteiger partial charge in [-0.05, 0) is 32.9 Å². The monoisotopic (exact) mass is 300 g/mol. The molecule has 0 aliphatic rings. The lowest BCUT2D eigenvalue weighted by Crippen LogP contribution is -2.43. The minimum Gasteiger partial charge on any atom is -0.443 e. The summed E-state index contributed by atoms with van der Waals surface area (Å²) >= 11 is 0. The van der Waals surface area contributed by atoms with Crippen LogP contribution in [0.15, 0.2) is 35.2 Å². The van der Waals surface area contributed by atoms with Gasteiger partial charge in [-0.25, -0.2) is 13.2 Å². The van der Waals surface area contributed by atoms with Crippen molar-refractivity contribution < 1.29 is 17.9 Å². The smallest absolute Gasteiger partial charge is 0.424 e. The Morgan fingerprint density at radius 2 is 1.80 bits per heavy atom. The van der Waals surface area contributed by atoms with Crippen LogP contribution in [0.3, 0.4) is 0 Å². The second-order valence-corrected chi connectivity index (χ2v) is 7.02. The molecule has 0 spiro atoms. The minimum absolute atomic E-state index is 0.0192. The number of ether oxygens (including phenoxy) is 1. The minimum atomic E-state index is -3.96. The van der Waals surface area contributed by atoms with Crippen LogP contribution in [-0.4, -0.2) is 37.5 Å². The zero-order chi connectivity index (χ0) is 15.4. The molecule has 0 atom stereocenters. The second-order valence-electron chi connectivity index (χ2n) is 5.16. The van der Waals surface area contributed by atoms with E-state index in [0.717, 1.165) is 0 Å². The summed E-state index contributed by atoms with van der Waals surface area (Å²) in [7, 11) is -3.96. The third-order valence-corrected chi connectivity index (χ3v) is 4.04. The predicted octanol–water partition coefficient (Wildman–Crippen LogP) is 1.57. The molecule has 1 aromatic carbocycles. The Balaban J connectivity index is 3.11. The first-order chi connectivity index (χ1) is 9.18. The molecular weight excluding hydrogens is 280 g/mol. The fourth-order valence-electron chi connectivity index (χ4n) is 1.46. The molecule has 0 aliphatic carbocycles. The average molecular weight is 300 g/mol. The van der Waals surface area contributed by atoms with E-state index in [9.17, 15) is 13.2 Å². The summed E-state index contributed by atoms with van der Waals surface area (Å²) in [4.78, 5) is 12.1. The number of sulfonamides is 1. The van der Waals surface area contributed by atoms with E-state index in [1.165, 1.54) is 12.1 Å². The van der Waals surface area contributed by atoms with E-state index in [2.05, 4.69) is 0 Å². The van der Waals surface area contributed by atoms with Crippen molar-refractivity contribution in [2.45, 2.75) is 31.3 Å². The standard InChI is InChI=1S/C13H20N2O4S/c1-13(2,3)19-12(16)15(10-9-14)20(17,18)11-7-5-4-6-8-11/h4-8H,9-10,14H2,1-3H3. The largest absolute Gasteiger partial charge is 0.443 e. The van der Waals surface area contributed by atoms with Gasteiger partial charge in [0.05, 0.1) is 11.4 Å². The first kappa shape index (κ1) is 16.5. The number of rotatable bonds is 4. The third kappa shape index (κ3) is 4.21. The van der Waals surface area contributed by atoms with Gasteiger partial charge in [0.1, 0.15) is 5.60 Å². The number of nitrogens with zero attached hydrogens (tertiary/aromatic N) is 1. The van der Waals surface area contributed by atoms with Crippen LogP contribution in [0.25, 0.3) is 0 Å². The molecule has 1 amide bonds. The lowest BCUT2D eigenvalue weighted by molar-refractivity contribution is 0.0394. The van der Waals surface area contributed by atoms with E-state index in [-0.39, 0.29) is 18.0 Å². The van der Waals surface area contributed by atoms with Crippen LogP contribution >= 0.6 is 0 Å². The molecule has 20 heavy (non-hydrogen) atoms. The summed E-state index contributed by atoms with van der Waals surface area (Å²) in [5.41, 5.74) is 4.61. The number of nitrogens with two attached hydrogens (primary N) is 1. The Morgan fingerprint density at radius 1 is 1.25 bits per heavy atom. The molecule has 0 heterocycles. The highest BCUT2D eigenvalue weighted by Gasteiger charge is 2.32. The molecular formula is C13H20N2O4S. The van der Waals surface area contributed by atoms with Crippen LogP contribution in [0.5, 0.6) is 0 Å². The Kier molecular flexibility index (Phi) is 5.13. The van der Waals surface area contributed by atoms with Crippen molar-refractivity contribution >= 4 is 16.1 Å². The van der Waals surface area contributed by atoms with Crippen molar-refractivity contribution in [3.05, 3.63) is 30.3 Å². The molecule has 1 rings (SSSR count). The van der Waals surface area contributed by atoms with Gasteiger partial charge >= 0.3 is 6.09 Å². The highest BCUT2D eigenvalue weighted by molar-refractivity contribution is 7.89. The lowest BCUT2D eigenvalue weighted by atomic mass is 10.2. The van der Waals surface area contributed by atoms with Crippen molar-refractivity contribution in [3.8, 4) is 0 Å². The van der Waals surface area contributed by atoms with E-state index < -0.39 is 21.7 Å². The summed E-state index contributed by atoms with van der Waals surface area (Å²) in [5.74, 6) is 0. The molecule has 0 radical (unpaired) electrons. The summed E-state index contributed by atoms with van der Waals surface area (Å²) in [6.07, 6.45) is -0.924. The summed E-state index contributed by atoms with van der Waals surface area (Å²) in [6, 6.07) is 7.71. The van der Waals surface area contributed by atoms with Crippen molar-refractivity contribution in [1.29, 1.82) is 0 Å². The molecule has 0 saturated carbocycles. The molecule has 7 heteroatoms. The fourth-order valence-corrected chi connectivity index (χ4v) is 2.79. The van der Waals surface area contributed by atoms with Crippen molar-refractivity contribution in [2.24, 2.45) is 5.73 Å². The number of amides is 1. The molecule has 0 unspecified atom stereocenters. The quantitative estimate of drug-likeness (QED) is 0.911. The summed E-state index contributed by atoms with van der Waals surface area (Å²) < 4.78 is 30.6. The topological polar surface area (TPSA) is 89.7 Å². The number of hydrogen-bond donors (Lipinski definition) is 1. The van der Waals surface area contributed by atoms with Gasteiger partial charge < -0.3 is 10.5 Å². The van der Waals surface area contributed by atoms with E-state index >= 15 is 0 Å². The van der Waals surface area contributed by atoms with Gasteiger partial charge in [0.25, 0.3) is 10.0 Å². The van der Waals surface area contributed by atoms with E-state index in [1.807, 2.05) is 0 Å². The van der Waals surface area contributed by atoms with Gasteiger partial charge in [-0.1, -0.05) is 18.2 Å². The molecule has 2 N–H and O–H groups in total. The predicted molar refractivity (Wildman–Crippen MR) is 75.6 cm³/mol. The summed E-state index contributed by atoms with van der Waals surface area (Å²) in [6.45, 7) is 4.89. The highest BCUT2D eigenvalue weighted by atomic mass is 32.2. The first-order valence-corrected chi connectivity index (χ1v) is 7.63. The average Bonchev–Trinajstić information content (AvgIpc) is 2.34. The Hall–Kier alpha value is -1.60. The van der Waals surface area contributed by atoms with Gasteiger partial charge in [0.15, 0.2) is 0 Å². The van der Waals surface area contributed by atoms with E-state index in [0.29, 0.717) is 4.31 Å². The van der Waals surface area contributed by atoms with Gasteiger partial charge in [0.2, 0.25) is 0 Å². The second kappa shape index (κ2) is 6.23. The molecule has 112 valence electrons. The number of carbonyl (C=O) groups is 1. The maximum atomic E-state index is 12.4. The number of carbonyl (C=O) groups excluding carboxylic acids is 1. The zero-order valence-electron chi connectivity index (χ0n) is 11.9. The van der Waals surface area contributed by atoms with Gasteiger partial charge in [-0.2, -0.15) is 4.31 Å². The number of benzene rings is 1. The summed E-state index contributed by atoms with van der Waals surface area (Å²) in [5, 5.41) is 0. The molecule has 6 nitrogen and oxygen atoms in total. The lowest BCUT2D eigenvalue weighted by Gasteiger charge is -2.26. The molecule has 0 bridgehead atoms. The normalized spacial score (nSPS) is 12.0. The van der Waals surface area contributed by atoms with Crippen LogP contribution in [0.2, 0.25) is 0 Å². The number of hydrogen-bond acceptors (Lipinski definition) is 5. The van der Waals surface area contributed by atoms with Gasteiger partial charge in [-0.15, -0.1) is 0 Å². The van der Waals surface area contributed by atoms with Crippen LogP contribution in [0.4, 0.5) is 4.79 Å². The maximum absolute atomic E-state index is 12.4. The van der Waals surface area contributed by atoms with Gasteiger partial charge in [0, 0.05) is 6.54 Å². The Morgan fingerprint density at radius 3 is 2.25 bits per heavy atom. The third-order valence-electron chi connectivity index (χ3n) is 2.26. The van der Waals surface area contributed by atoms with Gasteiger partial charge in [-0.3, -0.25) is 0 Å².